The first-order chi connectivity index (χ1) is 10.9. The molecule has 0 saturated heterocycles. The predicted octanol–water partition coefficient (Wildman–Crippen LogP) is 6.58. The molecule has 23 heavy (non-hydrogen) atoms. The summed E-state index contributed by atoms with van der Waals surface area (Å²) in [6.45, 7) is 0. The summed E-state index contributed by atoms with van der Waals surface area (Å²) >= 11 is 0. The lowest BCUT2D eigenvalue weighted by molar-refractivity contribution is -0.137. The van der Waals surface area contributed by atoms with Gasteiger partial charge in [0.15, 0.2) is 0 Å². The van der Waals surface area contributed by atoms with E-state index in [9.17, 15) is 22.0 Å². The Bertz CT molecular complexity index is 493. The van der Waals surface area contributed by atoms with Gasteiger partial charge in [-0.1, -0.05) is 18.2 Å². The summed E-state index contributed by atoms with van der Waals surface area (Å²) in [7, 11) is 0. The van der Waals surface area contributed by atoms with Crippen molar-refractivity contribution in [2.75, 3.05) is 0 Å². The number of halogens is 5. The Balaban J connectivity index is 1.80. The monoisotopic (exact) mass is 332 g/mol. The highest BCUT2D eigenvalue weighted by Crippen LogP contribution is 2.38. The topological polar surface area (TPSA) is 0 Å². The second kappa shape index (κ2) is 7.93. The van der Waals surface area contributed by atoms with E-state index >= 15 is 0 Å². The van der Waals surface area contributed by atoms with Crippen LogP contribution in [0.1, 0.15) is 55.6 Å². The van der Waals surface area contributed by atoms with Crippen molar-refractivity contribution in [1.82, 2.24) is 0 Å². The Morgan fingerprint density at radius 3 is 2.13 bits per heavy atom. The minimum atomic E-state index is -4.29. The van der Waals surface area contributed by atoms with Crippen molar-refractivity contribution >= 4 is 0 Å². The van der Waals surface area contributed by atoms with Gasteiger partial charge in [0.05, 0.1) is 5.56 Å². The molecule has 0 radical (unpaired) electrons. The molecule has 1 aromatic carbocycles. The van der Waals surface area contributed by atoms with E-state index in [1.165, 1.54) is 6.08 Å². The number of hydrogen-bond acceptors (Lipinski definition) is 0. The number of benzene rings is 1. The van der Waals surface area contributed by atoms with Gasteiger partial charge in [-0.15, -0.1) is 0 Å². The third kappa shape index (κ3) is 5.63. The zero-order valence-corrected chi connectivity index (χ0v) is 12.8. The number of alkyl halides is 5. The maximum Gasteiger partial charge on any atom is 0.416 e. The lowest BCUT2D eigenvalue weighted by atomic mass is 9.77. The fraction of sp³-hybridized carbons (Fsp3) is 0.556. The van der Waals surface area contributed by atoms with E-state index in [2.05, 4.69) is 0 Å². The van der Waals surface area contributed by atoms with E-state index in [0.29, 0.717) is 18.3 Å². The van der Waals surface area contributed by atoms with Gasteiger partial charge < -0.3 is 0 Å². The molecule has 0 heterocycles. The fourth-order valence-electron chi connectivity index (χ4n) is 3.26. The molecule has 0 aromatic heterocycles. The largest absolute Gasteiger partial charge is 0.416 e. The molecule has 2 rings (SSSR count). The Morgan fingerprint density at radius 1 is 1.00 bits per heavy atom. The van der Waals surface area contributed by atoms with Crippen LogP contribution >= 0.6 is 0 Å². The minimum absolute atomic E-state index is 0.310. The van der Waals surface area contributed by atoms with Crippen LogP contribution in [0.4, 0.5) is 22.0 Å². The van der Waals surface area contributed by atoms with Gasteiger partial charge in [0.1, 0.15) is 0 Å². The van der Waals surface area contributed by atoms with Crippen LogP contribution < -0.4 is 0 Å². The summed E-state index contributed by atoms with van der Waals surface area (Å²) < 4.78 is 61.6. The smallest absolute Gasteiger partial charge is 0.206 e. The molecule has 0 unspecified atom stereocenters. The van der Waals surface area contributed by atoms with Gasteiger partial charge in [-0.05, 0) is 74.1 Å². The third-order valence-corrected chi connectivity index (χ3v) is 4.58. The number of rotatable bonds is 5. The molecule has 0 amide bonds. The molecule has 1 aliphatic rings. The van der Waals surface area contributed by atoms with Crippen LogP contribution in [0.2, 0.25) is 0 Å². The van der Waals surface area contributed by atoms with E-state index < -0.39 is 18.2 Å². The summed E-state index contributed by atoms with van der Waals surface area (Å²) in [5.41, 5.74) is 0.356. The van der Waals surface area contributed by atoms with Crippen molar-refractivity contribution in [3.05, 3.63) is 47.5 Å². The van der Waals surface area contributed by atoms with Gasteiger partial charge in [0.25, 0.3) is 6.43 Å². The summed E-state index contributed by atoms with van der Waals surface area (Å²) in [6.07, 6.45) is 1.28. The standard InChI is InChI=1S/C18H21F5/c19-17(20)4-2-1-3-13-5-7-14(8-6-13)15-9-11-16(12-10-15)18(21,22)23/h2,4,9-14,17H,1,3,5-8H2. The average molecular weight is 332 g/mol. The first-order valence-corrected chi connectivity index (χ1v) is 7.98. The van der Waals surface area contributed by atoms with Crippen molar-refractivity contribution in [2.24, 2.45) is 5.92 Å². The molecule has 0 N–H and O–H groups in total. The molecule has 0 atom stereocenters. The zero-order chi connectivity index (χ0) is 16.9. The summed E-state index contributed by atoms with van der Waals surface area (Å²) in [6, 6.07) is 5.46. The Morgan fingerprint density at radius 2 is 1.61 bits per heavy atom. The quantitative estimate of drug-likeness (QED) is 0.422. The van der Waals surface area contributed by atoms with Crippen LogP contribution in [0, 0.1) is 5.92 Å². The fourth-order valence-corrected chi connectivity index (χ4v) is 3.26. The molecular weight excluding hydrogens is 311 g/mol. The van der Waals surface area contributed by atoms with Gasteiger partial charge >= 0.3 is 6.18 Å². The van der Waals surface area contributed by atoms with E-state index in [4.69, 9.17) is 0 Å². The lowest BCUT2D eigenvalue weighted by Crippen LogP contribution is -2.13. The highest BCUT2D eigenvalue weighted by molar-refractivity contribution is 5.27. The van der Waals surface area contributed by atoms with E-state index in [0.717, 1.165) is 55.9 Å². The van der Waals surface area contributed by atoms with Gasteiger partial charge in [-0.2, -0.15) is 13.2 Å². The zero-order valence-electron chi connectivity index (χ0n) is 12.8. The molecule has 0 bridgehead atoms. The molecule has 128 valence electrons. The van der Waals surface area contributed by atoms with Gasteiger partial charge in [-0.25, -0.2) is 8.78 Å². The van der Waals surface area contributed by atoms with Crippen LogP contribution in [0.15, 0.2) is 36.4 Å². The van der Waals surface area contributed by atoms with Gasteiger partial charge in [0.2, 0.25) is 0 Å². The maximum absolute atomic E-state index is 12.6. The first-order valence-electron chi connectivity index (χ1n) is 7.98. The Hall–Kier alpha value is -1.39. The number of allylic oxidation sites excluding steroid dienone is 2. The van der Waals surface area contributed by atoms with Gasteiger partial charge in [-0.3, -0.25) is 0 Å². The van der Waals surface area contributed by atoms with Crippen molar-refractivity contribution in [3.8, 4) is 0 Å². The normalized spacial score (nSPS) is 22.9. The molecule has 1 saturated carbocycles. The molecule has 1 aliphatic carbocycles. The predicted molar refractivity (Wildman–Crippen MR) is 80.5 cm³/mol. The second-order valence-corrected chi connectivity index (χ2v) is 6.18. The van der Waals surface area contributed by atoms with Crippen LogP contribution in [-0.4, -0.2) is 6.43 Å². The molecule has 0 spiro atoms. The van der Waals surface area contributed by atoms with Crippen molar-refractivity contribution in [3.63, 3.8) is 0 Å². The van der Waals surface area contributed by atoms with Crippen LogP contribution in [0.3, 0.4) is 0 Å². The maximum atomic E-state index is 12.6. The van der Waals surface area contributed by atoms with Crippen LogP contribution in [-0.2, 0) is 6.18 Å². The van der Waals surface area contributed by atoms with Crippen molar-refractivity contribution in [2.45, 2.75) is 57.0 Å². The lowest BCUT2D eigenvalue weighted by Gasteiger charge is -2.28. The molecule has 5 heteroatoms. The van der Waals surface area contributed by atoms with E-state index in [1.54, 1.807) is 12.1 Å². The highest BCUT2D eigenvalue weighted by atomic mass is 19.4. The number of hydrogen-bond donors (Lipinski definition) is 0. The minimum Gasteiger partial charge on any atom is -0.206 e. The Kier molecular flexibility index (Phi) is 6.19. The molecule has 1 aromatic rings. The second-order valence-electron chi connectivity index (χ2n) is 6.18. The van der Waals surface area contributed by atoms with Crippen LogP contribution in [0.5, 0.6) is 0 Å². The summed E-state index contributed by atoms with van der Waals surface area (Å²) in [5.74, 6) is 0.841. The van der Waals surface area contributed by atoms with Crippen LogP contribution in [0.25, 0.3) is 0 Å². The summed E-state index contributed by atoms with van der Waals surface area (Å²) in [4.78, 5) is 0. The third-order valence-electron chi connectivity index (χ3n) is 4.58. The molecule has 0 nitrogen and oxygen atoms in total. The first kappa shape index (κ1) is 18.0. The SMILES string of the molecule is FC(F)C=CCCC1CCC(c2ccc(C(F)(F)F)cc2)CC1. The van der Waals surface area contributed by atoms with E-state index in [1.807, 2.05) is 0 Å². The van der Waals surface area contributed by atoms with Crippen molar-refractivity contribution < 1.29 is 22.0 Å². The van der Waals surface area contributed by atoms with Gasteiger partial charge in [0, 0.05) is 0 Å². The Labute approximate surface area is 133 Å². The average Bonchev–Trinajstić information content (AvgIpc) is 2.51. The molecular formula is C18H21F5. The molecule has 0 aliphatic heterocycles. The summed E-state index contributed by atoms with van der Waals surface area (Å²) in [5, 5.41) is 0. The van der Waals surface area contributed by atoms with Crippen molar-refractivity contribution in [1.29, 1.82) is 0 Å². The highest BCUT2D eigenvalue weighted by Gasteiger charge is 2.30. The molecule has 1 fully saturated rings. The van der Waals surface area contributed by atoms with E-state index in [-0.39, 0.29) is 0 Å².